The summed E-state index contributed by atoms with van der Waals surface area (Å²) in [5.74, 6) is -2.09. The van der Waals surface area contributed by atoms with E-state index in [-0.39, 0.29) is 12.1 Å². The third kappa shape index (κ3) is 6.10. The Morgan fingerprint density at radius 2 is 1.77 bits per heavy atom. The van der Waals surface area contributed by atoms with Crippen molar-refractivity contribution >= 4 is 22.1 Å². The van der Waals surface area contributed by atoms with Crippen molar-refractivity contribution in [3.8, 4) is 5.75 Å². The summed E-state index contributed by atoms with van der Waals surface area (Å²) in [6.07, 6.45) is -0.766. The number of benzene rings is 1. The van der Waals surface area contributed by atoms with E-state index in [0.717, 1.165) is 18.2 Å². The molecule has 3 N–H and O–H groups in total. The number of hydrogen-bond acceptors (Lipinski definition) is 6. The second-order valence-corrected chi connectivity index (χ2v) is 7.57. The van der Waals surface area contributed by atoms with Gasteiger partial charge in [0.05, 0.1) is 5.56 Å². The average Bonchev–Trinajstić information content (AvgIpc) is 2.42. The molecule has 0 spiro atoms. The molecule has 0 bridgehead atoms. The summed E-state index contributed by atoms with van der Waals surface area (Å²) in [7, 11) is -5.96. The maximum absolute atomic E-state index is 12.4. The maximum Gasteiger partial charge on any atom is 0.534 e. The van der Waals surface area contributed by atoms with Gasteiger partial charge in [-0.2, -0.15) is 21.6 Å². The largest absolute Gasteiger partial charge is 0.534 e. The molecule has 0 radical (unpaired) electrons. The van der Waals surface area contributed by atoms with Crippen LogP contribution in [0.15, 0.2) is 18.2 Å². The van der Waals surface area contributed by atoms with E-state index < -0.39 is 44.5 Å². The minimum atomic E-state index is -5.96. The van der Waals surface area contributed by atoms with Gasteiger partial charge in [0.15, 0.2) is 5.75 Å². The molecule has 0 aliphatic heterocycles. The number of carbonyl (C=O) groups excluding carboxylic acids is 2. The number of rotatable bonds is 5. The Balaban J connectivity index is 3.00. The summed E-state index contributed by atoms with van der Waals surface area (Å²) in [6.45, 7) is 4.78. The first-order valence-electron chi connectivity index (χ1n) is 7.03. The monoisotopic (exact) mass is 398 g/mol. The normalized spacial score (nSPS) is 12.4. The molecule has 12 heteroatoms. The number of ether oxygens (including phenoxy) is 1. The Bertz CT molecular complexity index is 800. The van der Waals surface area contributed by atoms with E-state index in [1.165, 1.54) is 0 Å². The third-order valence-corrected chi connectivity index (χ3v) is 3.59. The molecule has 2 amide bonds. The zero-order valence-electron chi connectivity index (χ0n) is 14.0. The Morgan fingerprint density at radius 3 is 2.23 bits per heavy atom. The fourth-order valence-electron chi connectivity index (χ4n) is 1.61. The van der Waals surface area contributed by atoms with E-state index in [1.54, 1.807) is 20.8 Å². The van der Waals surface area contributed by atoms with Gasteiger partial charge in [-0.3, -0.25) is 4.79 Å². The minimum Gasteiger partial charge on any atom is -0.444 e. The van der Waals surface area contributed by atoms with Gasteiger partial charge >= 0.3 is 21.7 Å². The van der Waals surface area contributed by atoms with Gasteiger partial charge in [0.25, 0.3) is 5.91 Å². The standard InChI is InChI=1S/C14H17F3N2O6S/c1-13(2,3)24-12(21)19-7-8-4-5-10(9(6-8)11(18)20)25-26(22,23)14(15,16)17/h4-6H,7H2,1-3H3,(H2,18,20)(H,19,21). The molecule has 0 unspecified atom stereocenters. The summed E-state index contributed by atoms with van der Waals surface area (Å²) < 4.78 is 68.2. The molecule has 0 fully saturated rings. The van der Waals surface area contributed by atoms with Gasteiger partial charge < -0.3 is 20.0 Å². The first-order chi connectivity index (χ1) is 11.6. The van der Waals surface area contributed by atoms with Crippen LogP contribution in [-0.2, 0) is 21.4 Å². The zero-order valence-corrected chi connectivity index (χ0v) is 14.8. The minimum absolute atomic E-state index is 0.151. The van der Waals surface area contributed by atoms with Crippen LogP contribution in [0.25, 0.3) is 0 Å². The van der Waals surface area contributed by atoms with Crippen molar-refractivity contribution in [2.75, 3.05) is 0 Å². The molecule has 146 valence electrons. The molecular weight excluding hydrogens is 381 g/mol. The van der Waals surface area contributed by atoms with Crippen LogP contribution in [0.1, 0.15) is 36.7 Å². The number of primary amides is 1. The van der Waals surface area contributed by atoms with Crippen molar-refractivity contribution in [1.82, 2.24) is 5.32 Å². The van der Waals surface area contributed by atoms with Gasteiger partial charge in [-0.25, -0.2) is 4.79 Å². The lowest BCUT2D eigenvalue weighted by Gasteiger charge is -2.19. The molecule has 1 aromatic carbocycles. The average molecular weight is 398 g/mol. The Kier molecular flexibility index (Phi) is 6.13. The lowest BCUT2D eigenvalue weighted by Crippen LogP contribution is -2.32. The van der Waals surface area contributed by atoms with Crippen LogP contribution in [0.2, 0.25) is 0 Å². The molecular formula is C14H17F3N2O6S. The van der Waals surface area contributed by atoms with Crippen LogP contribution in [0.4, 0.5) is 18.0 Å². The smallest absolute Gasteiger partial charge is 0.444 e. The molecule has 1 aromatic rings. The van der Waals surface area contributed by atoms with Crippen LogP contribution < -0.4 is 15.2 Å². The number of alkyl carbamates (subject to hydrolysis) is 1. The predicted octanol–water partition coefficient (Wildman–Crippen LogP) is 2.04. The van der Waals surface area contributed by atoms with Crippen molar-refractivity contribution in [3.05, 3.63) is 29.3 Å². The number of halogens is 3. The zero-order chi connectivity index (χ0) is 20.3. The number of alkyl halides is 3. The topological polar surface area (TPSA) is 125 Å². The summed E-state index contributed by atoms with van der Waals surface area (Å²) in [4.78, 5) is 23.0. The van der Waals surface area contributed by atoms with E-state index in [4.69, 9.17) is 10.5 Å². The van der Waals surface area contributed by atoms with Crippen molar-refractivity contribution in [2.45, 2.75) is 38.4 Å². The lowest BCUT2D eigenvalue weighted by atomic mass is 10.1. The molecule has 0 saturated carbocycles. The highest BCUT2D eigenvalue weighted by Gasteiger charge is 2.48. The second kappa shape index (κ2) is 7.40. The van der Waals surface area contributed by atoms with Gasteiger partial charge in [-0.1, -0.05) is 6.07 Å². The summed E-state index contributed by atoms with van der Waals surface area (Å²) in [5, 5.41) is 2.36. The second-order valence-electron chi connectivity index (χ2n) is 6.03. The van der Waals surface area contributed by atoms with Gasteiger partial charge in [-0.15, -0.1) is 0 Å². The Morgan fingerprint density at radius 1 is 1.19 bits per heavy atom. The van der Waals surface area contributed by atoms with Crippen molar-refractivity contribution in [2.24, 2.45) is 5.73 Å². The molecule has 26 heavy (non-hydrogen) atoms. The van der Waals surface area contributed by atoms with E-state index in [9.17, 15) is 31.2 Å². The fourth-order valence-corrected chi connectivity index (χ4v) is 2.08. The van der Waals surface area contributed by atoms with Crippen LogP contribution in [0.5, 0.6) is 5.75 Å². The van der Waals surface area contributed by atoms with Crippen LogP contribution in [0, 0.1) is 0 Å². The van der Waals surface area contributed by atoms with Crippen LogP contribution >= 0.6 is 0 Å². The molecule has 0 heterocycles. The Labute approximate surface area is 147 Å². The summed E-state index contributed by atoms with van der Waals surface area (Å²) >= 11 is 0. The molecule has 1 rings (SSSR count). The number of nitrogens with one attached hydrogen (secondary N) is 1. The summed E-state index contributed by atoms with van der Waals surface area (Å²) in [5.41, 5.74) is -1.71. The quantitative estimate of drug-likeness (QED) is 0.578. The maximum atomic E-state index is 12.4. The van der Waals surface area contributed by atoms with Gasteiger partial charge in [0, 0.05) is 6.54 Å². The lowest BCUT2D eigenvalue weighted by molar-refractivity contribution is -0.0500. The molecule has 0 aliphatic carbocycles. The molecule has 8 nitrogen and oxygen atoms in total. The molecule has 0 aromatic heterocycles. The first kappa shape index (κ1) is 21.5. The summed E-state index contributed by atoms with van der Waals surface area (Å²) in [6, 6.07) is 2.99. The van der Waals surface area contributed by atoms with Gasteiger partial charge in [-0.05, 0) is 38.5 Å². The number of nitrogens with two attached hydrogens (primary N) is 1. The SMILES string of the molecule is CC(C)(C)OC(=O)NCc1ccc(OS(=O)(=O)C(F)(F)F)c(C(N)=O)c1. The number of carbonyl (C=O) groups is 2. The first-order valence-corrected chi connectivity index (χ1v) is 8.43. The third-order valence-electron chi connectivity index (χ3n) is 2.63. The fraction of sp³-hybridized carbons (Fsp3) is 0.429. The highest BCUT2D eigenvalue weighted by molar-refractivity contribution is 7.88. The molecule has 0 aliphatic rings. The van der Waals surface area contributed by atoms with Crippen molar-refractivity contribution in [1.29, 1.82) is 0 Å². The van der Waals surface area contributed by atoms with Crippen molar-refractivity contribution in [3.63, 3.8) is 0 Å². The van der Waals surface area contributed by atoms with E-state index in [2.05, 4.69) is 9.50 Å². The van der Waals surface area contributed by atoms with Crippen molar-refractivity contribution < 1.29 is 40.1 Å². The van der Waals surface area contributed by atoms with Crippen LogP contribution in [0.3, 0.4) is 0 Å². The predicted molar refractivity (Wildman–Crippen MR) is 83.6 cm³/mol. The van der Waals surface area contributed by atoms with Gasteiger partial charge in [0.1, 0.15) is 5.60 Å². The van der Waals surface area contributed by atoms with Crippen LogP contribution in [-0.4, -0.2) is 31.5 Å². The van der Waals surface area contributed by atoms with Gasteiger partial charge in [0.2, 0.25) is 0 Å². The highest BCUT2D eigenvalue weighted by Crippen LogP contribution is 2.29. The van der Waals surface area contributed by atoms with E-state index >= 15 is 0 Å². The highest BCUT2D eigenvalue weighted by atomic mass is 32.2. The number of hydrogen-bond donors (Lipinski definition) is 2. The van der Waals surface area contributed by atoms with E-state index in [1.807, 2.05) is 0 Å². The van der Waals surface area contributed by atoms with E-state index in [0.29, 0.717) is 0 Å². The molecule has 0 saturated heterocycles. The number of amides is 2. The molecule has 0 atom stereocenters. The Hall–Kier alpha value is -2.50.